The molecule has 2 atom stereocenters. The Hall–Kier alpha value is -0.120. The maximum atomic E-state index is 6.03. The zero-order valence-corrected chi connectivity index (χ0v) is 19.5. The van der Waals surface area contributed by atoms with Crippen LogP contribution in [-0.4, -0.2) is 86.9 Å². The maximum Gasteiger partial charge on any atom is 0.191 e. The predicted molar refractivity (Wildman–Crippen MR) is 123 cm³/mol. The molecule has 3 heterocycles. The molecule has 0 bridgehead atoms. The zero-order chi connectivity index (χ0) is 18.0. The van der Waals surface area contributed by atoms with Crippen molar-refractivity contribution >= 4 is 29.9 Å². The van der Waals surface area contributed by atoms with E-state index in [1.807, 2.05) is 0 Å². The van der Waals surface area contributed by atoms with Crippen LogP contribution in [0.1, 0.15) is 51.9 Å². The third kappa shape index (κ3) is 8.03. The van der Waals surface area contributed by atoms with E-state index >= 15 is 0 Å². The SMILES string of the molecule is CCNC(=NCC1CN2CCCC2CO1)NCCCN1CCCCCC1.I. The lowest BCUT2D eigenvalue weighted by atomic mass is 10.2. The number of fused-ring (bicyclic) bond motifs is 1. The second-order valence-electron chi connectivity index (χ2n) is 8.00. The summed E-state index contributed by atoms with van der Waals surface area (Å²) < 4.78 is 6.03. The van der Waals surface area contributed by atoms with Crippen molar-refractivity contribution in [2.45, 2.75) is 64.0 Å². The minimum absolute atomic E-state index is 0. The van der Waals surface area contributed by atoms with E-state index in [-0.39, 0.29) is 30.1 Å². The molecule has 2 unspecified atom stereocenters. The first-order valence-corrected chi connectivity index (χ1v) is 11.0. The average Bonchev–Trinajstić information content (AvgIpc) is 2.97. The van der Waals surface area contributed by atoms with E-state index in [1.54, 1.807) is 0 Å². The summed E-state index contributed by atoms with van der Waals surface area (Å²) in [6, 6.07) is 0.667. The molecule has 3 aliphatic rings. The molecule has 0 aromatic rings. The van der Waals surface area contributed by atoms with E-state index < -0.39 is 0 Å². The molecule has 2 N–H and O–H groups in total. The topological polar surface area (TPSA) is 52.1 Å². The largest absolute Gasteiger partial charge is 0.373 e. The Kier molecular flexibility index (Phi) is 11.3. The van der Waals surface area contributed by atoms with Crippen molar-refractivity contribution < 1.29 is 4.74 Å². The Morgan fingerprint density at radius 1 is 1.07 bits per heavy atom. The molecule has 158 valence electrons. The smallest absolute Gasteiger partial charge is 0.191 e. The molecule has 6 nitrogen and oxygen atoms in total. The average molecular weight is 493 g/mol. The van der Waals surface area contributed by atoms with Crippen LogP contribution in [0.5, 0.6) is 0 Å². The van der Waals surface area contributed by atoms with Gasteiger partial charge in [0, 0.05) is 25.7 Å². The molecular weight excluding hydrogens is 453 g/mol. The first-order valence-electron chi connectivity index (χ1n) is 11.0. The molecular formula is C20H40IN5O. The van der Waals surface area contributed by atoms with Gasteiger partial charge in [-0.2, -0.15) is 0 Å². The lowest BCUT2D eigenvalue weighted by molar-refractivity contribution is -0.0432. The number of ether oxygens (including phenoxy) is 1. The summed E-state index contributed by atoms with van der Waals surface area (Å²) in [5.41, 5.74) is 0. The van der Waals surface area contributed by atoms with Crippen LogP contribution in [0.4, 0.5) is 0 Å². The van der Waals surface area contributed by atoms with Gasteiger partial charge >= 0.3 is 0 Å². The number of aliphatic imine (C=N–C) groups is 1. The summed E-state index contributed by atoms with van der Waals surface area (Å²) >= 11 is 0. The minimum atomic E-state index is 0. The molecule has 27 heavy (non-hydrogen) atoms. The number of halogens is 1. The van der Waals surface area contributed by atoms with E-state index in [1.165, 1.54) is 71.1 Å². The predicted octanol–water partition coefficient (Wildman–Crippen LogP) is 2.29. The van der Waals surface area contributed by atoms with E-state index in [9.17, 15) is 0 Å². The van der Waals surface area contributed by atoms with Gasteiger partial charge in [-0.05, 0) is 65.2 Å². The van der Waals surface area contributed by atoms with Gasteiger partial charge in [0.25, 0.3) is 0 Å². The summed E-state index contributed by atoms with van der Waals surface area (Å²) in [6.45, 7) is 11.7. The fourth-order valence-corrected chi connectivity index (χ4v) is 4.40. The number of hydrogen-bond acceptors (Lipinski definition) is 4. The second kappa shape index (κ2) is 13.2. The second-order valence-corrected chi connectivity index (χ2v) is 8.00. The lowest BCUT2D eigenvalue weighted by Crippen LogP contribution is -2.47. The lowest BCUT2D eigenvalue weighted by Gasteiger charge is -2.34. The number of guanidine groups is 1. The Labute approximate surface area is 182 Å². The monoisotopic (exact) mass is 493 g/mol. The molecule has 7 heteroatoms. The Bertz CT molecular complexity index is 429. The van der Waals surface area contributed by atoms with Crippen molar-refractivity contribution in [2.24, 2.45) is 4.99 Å². The van der Waals surface area contributed by atoms with Crippen LogP contribution in [0.15, 0.2) is 4.99 Å². The van der Waals surface area contributed by atoms with Crippen molar-refractivity contribution in [2.75, 3.05) is 59.0 Å². The molecule has 0 aromatic heterocycles. The molecule has 3 fully saturated rings. The quantitative estimate of drug-likeness (QED) is 0.247. The van der Waals surface area contributed by atoms with Gasteiger partial charge in [-0.25, -0.2) is 0 Å². The Morgan fingerprint density at radius 2 is 1.89 bits per heavy atom. The highest BCUT2D eigenvalue weighted by atomic mass is 127. The first-order chi connectivity index (χ1) is 12.8. The van der Waals surface area contributed by atoms with E-state index in [4.69, 9.17) is 9.73 Å². The van der Waals surface area contributed by atoms with Gasteiger partial charge in [0.1, 0.15) is 0 Å². The van der Waals surface area contributed by atoms with E-state index in [0.717, 1.165) is 38.7 Å². The summed E-state index contributed by atoms with van der Waals surface area (Å²) in [7, 11) is 0. The van der Waals surface area contributed by atoms with Crippen LogP contribution >= 0.6 is 24.0 Å². The molecule has 3 rings (SSSR count). The van der Waals surface area contributed by atoms with Gasteiger partial charge in [-0.1, -0.05) is 12.8 Å². The van der Waals surface area contributed by atoms with Crippen LogP contribution in [0, 0.1) is 0 Å². The standard InChI is InChI=1S/C20H39N5O.HI/c1-2-21-20(22-10-8-13-24-11-5-3-4-6-12-24)23-15-19-16-25-14-7-9-18(25)17-26-19;/h18-19H,2-17H2,1H3,(H2,21,22,23);1H. The summed E-state index contributed by atoms with van der Waals surface area (Å²) in [5, 5.41) is 6.88. The molecule has 0 spiro atoms. The van der Waals surface area contributed by atoms with E-state index in [0.29, 0.717) is 6.04 Å². The van der Waals surface area contributed by atoms with Gasteiger partial charge in [-0.3, -0.25) is 9.89 Å². The van der Waals surface area contributed by atoms with Crippen LogP contribution in [0.25, 0.3) is 0 Å². The molecule has 0 saturated carbocycles. The van der Waals surface area contributed by atoms with Crippen molar-refractivity contribution in [3.63, 3.8) is 0 Å². The van der Waals surface area contributed by atoms with Crippen LogP contribution < -0.4 is 10.6 Å². The van der Waals surface area contributed by atoms with Crippen LogP contribution in [0.2, 0.25) is 0 Å². The number of rotatable bonds is 7. The Balaban J connectivity index is 0.00000261. The third-order valence-electron chi connectivity index (χ3n) is 5.90. The van der Waals surface area contributed by atoms with E-state index in [2.05, 4.69) is 27.4 Å². The van der Waals surface area contributed by atoms with Crippen molar-refractivity contribution in [1.29, 1.82) is 0 Å². The van der Waals surface area contributed by atoms with Crippen molar-refractivity contribution in [3.8, 4) is 0 Å². The highest BCUT2D eigenvalue weighted by Gasteiger charge is 2.31. The van der Waals surface area contributed by atoms with Gasteiger partial charge in [0.05, 0.1) is 19.3 Å². The minimum Gasteiger partial charge on any atom is -0.373 e. The molecule has 3 aliphatic heterocycles. The van der Waals surface area contributed by atoms with Gasteiger partial charge < -0.3 is 20.3 Å². The number of likely N-dealkylation sites (tertiary alicyclic amines) is 1. The van der Waals surface area contributed by atoms with Crippen LogP contribution in [0.3, 0.4) is 0 Å². The van der Waals surface area contributed by atoms with Gasteiger partial charge in [0.15, 0.2) is 5.96 Å². The van der Waals surface area contributed by atoms with Crippen LogP contribution in [-0.2, 0) is 4.74 Å². The third-order valence-corrected chi connectivity index (χ3v) is 5.90. The Morgan fingerprint density at radius 3 is 2.67 bits per heavy atom. The molecule has 0 aromatic carbocycles. The highest BCUT2D eigenvalue weighted by molar-refractivity contribution is 14.0. The summed E-state index contributed by atoms with van der Waals surface area (Å²) in [6.07, 6.45) is 9.62. The highest BCUT2D eigenvalue weighted by Crippen LogP contribution is 2.22. The maximum absolute atomic E-state index is 6.03. The number of nitrogens with one attached hydrogen (secondary N) is 2. The van der Waals surface area contributed by atoms with Gasteiger partial charge in [-0.15, -0.1) is 24.0 Å². The molecule has 0 radical (unpaired) electrons. The van der Waals surface area contributed by atoms with Gasteiger partial charge in [0.2, 0.25) is 0 Å². The molecule has 0 amide bonds. The fourth-order valence-electron chi connectivity index (χ4n) is 4.40. The normalized spacial score (nSPS) is 27.5. The summed E-state index contributed by atoms with van der Waals surface area (Å²) in [4.78, 5) is 9.99. The zero-order valence-electron chi connectivity index (χ0n) is 17.1. The molecule has 0 aliphatic carbocycles. The van der Waals surface area contributed by atoms with Crippen molar-refractivity contribution in [1.82, 2.24) is 20.4 Å². The molecule has 3 saturated heterocycles. The van der Waals surface area contributed by atoms with Crippen molar-refractivity contribution in [3.05, 3.63) is 0 Å². The summed E-state index contributed by atoms with van der Waals surface area (Å²) in [5.74, 6) is 0.940. The number of morpholine rings is 1. The number of nitrogens with zero attached hydrogens (tertiary/aromatic N) is 3. The fraction of sp³-hybridized carbons (Fsp3) is 0.950. The number of hydrogen-bond donors (Lipinski definition) is 2. The first kappa shape index (κ1) is 23.2.